The smallest absolute Gasteiger partial charge is 0.244 e. The minimum atomic E-state index is -0.665. The topological polar surface area (TPSA) is 64.3 Å². The molecule has 3 N–H and O–H groups in total. The quantitative estimate of drug-likeness (QED) is 0.878. The minimum absolute atomic E-state index is 0. The standard InChI is InChI=1S/C13H17BrN2O2.ClH/c1-8(2)18-11-6-9(14)5-10(7-11)16-12(17)13(15)3-4-13;/h5-8H,3-4,15H2,1-2H3,(H,16,17);1H. The molecule has 106 valence electrons. The van der Waals surface area contributed by atoms with Crippen molar-refractivity contribution in [3.05, 3.63) is 22.7 Å². The number of nitrogens with one attached hydrogen (secondary N) is 1. The normalized spacial score (nSPS) is 15.6. The molecule has 0 atom stereocenters. The van der Waals surface area contributed by atoms with Crippen molar-refractivity contribution in [2.45, 2.75) is 38.3 Å². The van der Waals surface area contributed by atoms with Crippen molar-refractivity contribution < 1.29 is 9.53 Å². The number of anilines is 1. The first-order chi connectivity index (χ1) is 8.39. The number of hydrogen-bond acceptors (Lipinski definition) is 3. The van der Waals surface area contributed by atoms with Crippen molar-refractivity contribution in [1.82, 2.24) is 0 Å². The largest absolute Gasteiger partial charge is 0.491 e. The van der Waals surface area contributed by atoms with Gasteiger partial charge in [0.2, 0.25) is 5.91 Å². The molecule has 2 rings (SSSR count). The van der Waals surface area contributed by atoms with E-state index < -0.39 is 5.54 Å². The van der Waals surface area contributed by atoms with Crippen LogP contribution in [0.2, 0.25) is 0 Å². The van der Waals surface area contributed by atoms with Gasteiger partial charge in [-0.1, -0.05) is 15.9 Å². The molecular formula is C13H18BrClN2O2. The number of hydrogen-bond donors (Lipinski definition) is 2. The maximum absolute atomic E-state index is 11.8. The van der Waals surface area contributed by atoms with Crippen molar-refractivity contribution in [3.8, 4) is 5.75 Å². The van der Waals surface area contributed by atoms with Crippen LogP contribution in [0.5, 0.6) is 5.75 Å². The summed E-state index contributed by atoms with van der Waals surface area (Å²) in [7, 11) is 0. The van der Waals surface area contributed by atoms with E-state index in [0.29, 0.717) is 5.69 Å². The van der Waals surface area contributed by atoms with E-state index in [9.17, 15) is 4.79 Å². The van der Waals surface area contributed by atoms with Gasteiger partial charge in [-0.2, -0.15) is 0 Å². The maximum atomic E-state index is 11.8. The zero-order valence-corrected chi connectivity index (χ0v) is 13.3. The molecule has 0 saturated heterocycles. The summed E-state index contributed by atoms with van der Waals surface area (Å²) >= 11 is 3.40. The summed E-state index contributed by atoms with van der Waals surface area (Å²) < 4.78 is 6.47. The lowest BCUT2D eigenvalue weighted by Gasteiger charge is -2.14. The molecule has 0 spiro atoms. The van der Waals surface area contributed by atoms with Gasteiger partial charge in [-0.05, 0) is 38.8 Å². The average Bonchev–Trinajstić information content (AvgIpc) is 2.95. The van der Waals surface area contributed by atoms with Crippen LogP contribution in [0.1, 0.15) is 26.7 Å². The molecule has 1 aliphatic rings. The first kappa shape index (κ1) is 16.3. The lowest BCUT2D eigenvalue weighted by molar-refractivity contribution is -0.118. The number of ether oxygens (including phenoxy) is 1. The third-order valence-corrected chi connectivity index (χ3v) is 3.20. The number of carbonyl (C=O) groups excluding carboxylic acids is 1. The monoisotopic (exact) mass is 348 g/mol. The predicted molar refractivity (Wildman–Crippen MR) is 81.9 cm³/mol. The number of rotatable bonds is 4. The Bertz CT molecular complexity index is 476. The Kier molecular flexibility index (Phi) is 5.24. The van der Waals surface area contributed by atoms with Crippen LogP contribution < -0.4 is 15.8 Å². The van der Waals surface area contributed by atoms with E-state index in [0.717, 1.165) is 23.1 Å². The Balaban J connectivity index is 0.00000180. The van der Waals surface area contributed by atoms with Crippen molar-refractivity contribution in [2.75, 3.05) is 5.32 Å². The van der Waals surface area contributed by atoms with E-state index in [1.807, 2.05) is 26.0 Å². The molecule has 1 aromatic rings. The van der Waals surface area contributed by atoms with Crippen LogP contribution in [0, 0.1) is 0 Å². The van der Waals surface area contributed by atoms with Crippen LogP contribution in [0.25, 0.3) is 0 Å². The lowest BCUT2D eigenvalue weighted by atomic mass is 10.2. The Morgan fingerprint density at radius 1 is 1.42 bits per heavy atom. The molecule has 1 amide bonds. The van der Waals surface area contributed by atoms with Crippen molar-refractivity contribution >= 4 is 39.9 Å². The molecule has 4 nitrogen and oxygen atoms in total. The van der Waals surface area contributed by atoms with Gasteiger partial charge in [0, 0.05) is 16.2 Å². The molecule has 0 bridgehead atoms. The molecule has 0 aliphatic heterocycles. The van der Waals surface area contributed by atoms with Gasteiger partial charge in [0.05, 0.1) is 11.6 Å². The zero-order valence-electron chi connectivity index (χ0n) is 10.9. The highest BCUT2D eigenvalue weighted by atomic mass is 79.9. The van der Waals surface area contributed by atoms with E-state index in [2.05, 4.69) is 21.2 Å². The van der Waals surface area contributed by atoms with Crippen LogP contribution in [0.15, 0.2) is 22.7 Å². The second kappa shape index (κ2) is 6.11. The second-order valence-corrected chi connectivity index (χ2v) is 5.87. The first-order valence-corrected chi connectivity index (χ1v) is 6.76. The van der Waals surface area contributed by atoms with Crippen molar-refractivity contribution in [2.24, 2.45) is 5.73 Å². The van der Waals surface area contributed by atoms with Gasteiger partial charge in [0.25, 0.3) is 0 Å². The highest BCUT2D eigenvalue weighted by molar-refractivity contribution is 9.10. The molecule has 0 aromatic heterocycles. The first-order valence-electron chi connectivity index (χ1n) is 5.97. The number of nitrogens with two attached hydrogens (primary N) is 1. The van der Waals surface area contributed by atoms with Crippen LogP contribution in [-0.4, -0.2) is 17.6 Å². The summed E-state index contributed by atoms with van der Waals surface area (Å²) in [6, 6.07) is 5.50. The number of benzene rings is 1. The fourth-order valence-corrected chi connectivity index (χ4v) is 2.06. The predicted octanol–water partition coefficient (Wildman–Crippen LogP) is 3.09. The highest BCUT2D eigenvalue weighted by Crippen LogP contribution is 2.34. The van der Waals surface area contributed by atoms with Crippen LogP contribution >= 0.6 is 28.3 Å². The Morgan fingerprint density at radius 2 is 2.05 bits per heavy atom. The molecule has 0 unspecified atom stereocenters. The summed E-state index contributed by atoms with van der Waals surface area (Å²) in [5.74, 6) is 0.590. The van der Waals surface area contributed by atoms with E-state index >= 15 is 0 Å². The van der Waals surface area contributed by atoms with E-state index in [1.165, 1.54) is 0 Å². The molecule has 1 saturated carbocycles. The molecular weight excluding hydrogens is 332 g/mol. The van der Waals surface area contributed by atoms with E-state index in [1.54, 1.807) is 6.07 Å². The fourth-order valence-electron chi connectivity index (χ4n) is 1.59. The van der Waals surface area contributed by atoms with Crippen molar-refractivity contribution in [1.29, 1.82) is 0 Å². The summed E-state index contributed by atoms with van der Waals surface area (Å²) in [6.07, 6.45) is 1.59. The van der Waals surface area contributed by atoms with Crippen LogP contribution in [0.4, 0.5) is 5.69 Å². The molecule has 19 heavy (non-hydrogen) atoms. The third-order valence-electron chi connectivity index (χ3n) is 2.74. The molecule has 0 heterocycles. The zero-order chi connectivity index (χ0) is 13.3. The lowest BCUT2D eigenvalue weighted by Crippen LogP contribution is -2.37. The van der Waals surface area contributed by atoms with E-state index in [-0.39, 0.29) is 24.4 Å². The van der Waals surface area contributed by atoms with Gasteiger partial charge in [-0.3, -0.25) is 4.79 Å². The van der Waals surface area contributed by atoms with Crippen molar-refractivity contribution in [3.63, 3.8) is 0 Å². The Labute approximate surface area is 127 Å². The highest BCUT2D eigenvalue weighted by Gasteiger charge is 2.45. The Morgan fingerprint density at radius 3 is 2.58 bits per heavy atom. The molecule has 1 fully saturated rings. The summed E-state index contributed by atoms with van der Waals surface area (Å²) in [5, 5.41) is 2.82. The van der Waals surface area contributed by atoms with Crippen LogP contribution in [0.3, 0.4) is 0 Å². The molecule has 1 aliphatic carbocycles. The third kappa shape index (κ3) is 4.37. The summed E-state index contributed by atoms with van der Waals surface area (Å²) in [6.45, 7) is 3.91. The molecule has 6 heteroatoms. The molecule has 1 aromatic carbocycles. The van der Waals surface area contributed by atoms with Gasteiger partial charge >= 0.3 is 0 Å². The van der Waals surface area contributed by atoms with E-state index in [4.69, 9.17) is 10.5 Å². The number of halogens is 2. The summed E-state index contributed by atoms with van der Waals surface area (Å²) in [4.78, 5) is 11.8. The van der Waals surface area contributed by atoms with Gasteiger partial charge in [-0.15, -0.1) is 12.4 Å². The maximum Gasteiger partial charge on any atom is 0.244 e. The van der Waals surface area contributed by atoms with Gasteiger partial charge in [-0.25, -0.2) is 0 Å². The van der Waals surface area contributed by atoms with Gasteiger partial charge in [0.15, 0.2) is 0 Å². The Hall–Kier alpha value is -0.780. The van der Waals surface area contributed by atoms with Gasteiger partial charge in [0.1, 0.15) is 5.75 Å². The fraction of sp³-hybridized carbons (Fsp3) is 0.462. The van der Waals surface area contributed by atoms with Gasteiger partial charge < -0.3 is 15.8 Å². The second-order valence-electron chi connectivity index (χ2n) is 4.95. The minimum Gasteiger partial charge on any atom is -0.491 e. The SMILES string of the molecule is CC(C)Oc1cc(Br)cc(NC(=O)C2(N)CC2)c1.Cl. The average molecular weight is 350 g/mol. The molecule has 0 radical (unpaired) electrons. The number of amides is 1. The number of carbonyl (C=O) groups is 1. The van der Waals surface area contributed by atoms with Crippen LogP contribution in [-0.2, 0) is 4.79 Å². The summed E-state index contributed by atoms with van der Waals surface area (Å²) in [5.41, 5.74) is 5.87.